The lowest BCUT2D eigenvalue weighted by Crippen LogP contribution is -2.47. The van der Waals surface area contributed by atoms with Crippen molar-refractivity contribution in [3.63, 3.8) is 0 Å². The molecule has 6 heteroatoms. The minimum absolute atomic E-state index is 0. The molecule has 3 aromatic rings. The van der Waals surface area contributed by atoms with Gasteiger partial charge in [-0.1, -0.05) is 36.4 Å². The zero-order valence-corrected chi connectivity index (χ0v) is 22.5. The van der Waals surface area contributed by atoms with Gasteiger partial charge in [0.1, 0.15) is 5.82 Å². The van der Waals surface area contributed by atoms with Crippen molar-refractivity contribution in [3.05, 3.63) is 105 Å². The highest BCUT2D eigenvalue weighted by atomic mass is 35.5. The third-order valence-electron chi connectivity index (χ3n) is 7.71. The van der Waals surface area contributed by atoms with Crippen LogP contribution in [0.15, 0.2) is 60.7 Å². The van der Waals surface area contributed by atoms with Crippen LogP contribution in [0.2, 0.25) is 0 Å². The molecule has 0 radical (unpaired) electrons. The van der Waals surface area contributed by atoms with E-state index in [0.717, 1.165) is 73.1 Å². The minimum Gasteiger partial charge on any atom is -0.478 e. The molecule has 2 aliphatic rings. The number of halogens is 3. The number of carbonyl (C=O) groups is 1. The van der Waals surface area contributed by atoms with Crippen molar-refractivity contribution in [3.8, 4) is 0 Å². The molecule has 0 bridgehead atoms. The molecule has 0 spiro atoms. The molecule has 5 rings (SSSR count). The summed E-state index contributed by atoms with van der Waals surface area (Å²) in [5.41, 5.74) is 8.66. The molecule has 1 N–H and O–H groups in total. The van der Waals surface area contributed by atoms with Gasteiger partial charge in [0.2, 0.25) is 0 Å². The van der Waals surface area contributed by atoms with Crippen molar-refractivity contribution >= 4 is 29.5 Å². The molecule has 0 atom stereocenters. The number of fused-ring (bicyclic) bond motifs is 1. The quantitative estimate of drug-likeness (QED) is 0.326. The fourth-order valence-electron chi connectivity index (χ4n) is 5.78. The van der Waals surface area contributed by atoms with Gasteiger partial charge < -0.3 is 10.0 Å². The molecule has 0 aromatic heterocycles. The monoisotopic (exact) mass is 537 g/mol. The molecule has 3 aromatic carbocycles. The number of likely N-dealkylation sites (tertiary alicyclic amines) is 1. The second-order valence-corrected chi connectivity index (χ2v) is 10.4. The van der Waals surface area contributed by atoms with Crippen molar-refractivity contribution in [2.75, 3.05) is 26.3 Å². The van der Waals surface area contributed by atoms with E-state index < -0.39 is 5.97 Å². The topological polar surface area (TPSA) is 40.5 Å². The molecule has 0 saturated carbocycles. The van der Waals surface area contributed by atoms with Crippen LogP contribution in [0, 0.1) is 18.7 Å². The van der Waals surface area contributed by atoms with E-state index in [2.05, 4.69) is 29.2 Å². The zero-order valence-electron chi connectivity index (χ0n) is 21.7. The molecule has 200 valence electrons. The lowest BCUT2D eigenvalue weighted by atomic mass is 9.86. The van der Waals surface area contributed by atoms with Gasteiger partial charge in [0.25, 0.3) is 0 Å². The Morgan fingerprint density at radius 2 is 1.74 bits per heavy atom. The summed E-state index contributed by atoms with van der Waals surface area (Å²) in [6.07, 6.45) is 4.14. The third-order valence-corrected chi connectivity index (χ3v) is 7.71. The Morgan fingerprint density at radius 3 is 2.42 bits per heavy atom. The molecule has 1 aliphatic heterocycles. The summed E-state index contributed by atoms with van der Waals surface area (Å²) in [4.78, 5) is 14.0. The maximum absolute atomic E-state index is 14.1. The Labute approximate surface area is 229 Å². The van der Waals surface area contributed by atoms with Gasteiger partial charge in [-0.25, -0.2) is 9.18 Å². The zero-order chi connectivity index (χ0) is 25.9. The number of hydrogen-bond donors (Lipinski definition) is 1. The Morgan fingerprint density at radius 1 is 1.00 bits per heavy atom. The highest BCUT2D eigenvalue weighted by Crippen LogP contribution is 2.40. The summed E-state index contributed by atoms with van der Waals surface area (Å²) in [5.74, 6) is -0.527. The molecule has 1 fully saturated rings. The highest BCUT2D eigenvalue weighted by molar-refractivity contribution is 6.00. The standard InChI is InChI=1S/C32H33F2NO2.ClH/c1-21-16-26(11-13-30(21)34)28-5-2-4-25-18-27(32(36)37)10-12-29(25)31(28)24-8-6-22(7-9-24)17-23-19-35(20-23)15-3-14-33;/h6-13,16,18,23H,2-5,14-15,17,19-20H2,1H3,(H,36,37);1H. The van der Waals surface area contributed by atoms with Crippen LogP contribution in [0.25, 0.3) is 11.1 Å². The molecule has 1 saturated heterocycles. The van der Waals surface area contributed by atoms with Crippen LogP contribution in [0.1, 0.15) is 63.0 Å². The summed E-state index contributed by atoms with van der Waals surface area (Å²) in [6, 6.07) is 19.4. The first-order valence-corrected chi connectivity index (χ1v) is 13.2. The molecule has 3 nitrogen and oxygen atoms in total. The fourth-order valence-corrected chi connectivity index (χ4v) is 5.78. The van der Waals surface area contributed by atoms with Crippen molar-refractivity contribution in [1.29, 1.82) is 0 Å². The Bertz CT molecular complexity index is 1330. The van der Waals surface area contributed by atoms with Crippen molar-refractivity contribution in [2.45, 2.75) is 39.0 Å². The Hall–Kier alpha value is -3.02. The van der Waals surface area contributed by atoms with E-state index in [4.69, 9.17) is 0 Å². The van der Waals surface area contributed by atoms with E-state index in [1.165, 1.54) is 17.2 Å². The predicted molar refractivity (Wildman–Crippen MR) is 151 cm³/mol. The van der Waals surface area contributed by atoms with Crippen molar-refractivity contribution < 1.29 is 18.7 Å². The van der Waals surface area contributed by atoms with E-state index in [1.807, 2.05) is 18.2 Å². The second kappa shape index (κ2) is 12.2. The predicted octanol–water partition coefficient (Wildman–Crippen LogP) is 7.38. The van der Waals surface area contributed by atoms with Gasteiger partial charge in [-0.2, -0.15) is 0 Å². The number of nitrogens with zero attached hydrogens (tertiary/aromatic N) is 1. The van der Waals surface area contributed by atoms with Crippen LogP contribution in [0.4, 0.5) is 8.78 Å². The summed E-state index contributed by atoms with van der Waals surface area (Å²) in [6.45, 7) is 4.44. The molecular weight excluding hydrogens is 504 g/mol. The smallest absolute Gasteiger partial charge is 0.335 e. The number of aryl methyl sites for hydroxylation is 2. The SMILES string of the molecule is Cc1cc(C2=C(c3ccc(CC4CN(CCCF)C4)cc3)c3ccc(C(=O)O)cc3CCC2)ccc1F.Cl. The van der Waals surface area contributed by atoms with Crippen LogP contribution < -0.4 is 0 Å². The van der Waals surface area contributed by atoms with Crippen molar-refractivity contribution in [1.82, 2.24) is 4.90 Å². The number of hydrogen-bond acceptors (Lipinski definition) is 2. The number of rotatable bonds is 8. The van der Waals surface area contributed by atoms with E-state index in [1.54, 1.807) is 19.1 Å². The number of carboxylic acids is 1. The van der Waals surface area contributed by atoms with Gasteiger partial charge in [-0.05, 0) is 114 Å². The average Bonchev–Trinajstić information content (AvgIpc) is 3.06. The normalized spacial score (nSPS) is 15.9. The largest absolute Gasteiger partial charge is 0.478 e. The average molecular weight is 538 g/mol. The number of aromatic carboxylic acids is 1. The third kappa shape index (κ3) is 6.00. The molecule has 1 heterocycles. The number of allylic oxidation sites excluding steroid dienone is 1. The molecule has 1 aliphatic carbocycles. The maximum atomic E-state index is 14.1. The summed E-state index contributed by atoms with van der Waals surface area (Å²) < 4.78 is 26.5. The first-order chi connectivity index (χ1) is 17.9. The minimum atomic E-state index is -0.921. The van der Waals surface area contributed by atoms with Crippen LogP contribution in [0.5, 0.6) is 0 Å². The van der Waals surface area contributed by atoms with E-state index >= 15 is 0 Å². The van der Waals surface area contributed by atoms with Crippen LogP contribution in [-0.4, -0.2) is 42.3 Å². The first kappa shape index (κ1) is 28.0. The van der Waals surface area contributed by atoms with Gasteiger partial charge in [-0.3, -0.25) is 4.39 Å². The molecule has 0 amide bonds. The summed E-state index contributed by atoms with van der Waals surface area (Å²) in [5, 5.41) is 9.55. The van der Waals surface area contributed by atoms with E-state index in [0.29, 0.717) is 23.5 Å². The van der Waals surface area contributed by atoms with E-state index in [9.17, 15) is 18.7 Å². The van der Waals surface area contributed by atoms with Gasteiger partial charge >= 0.3 is 5.97 Å². The molecular formula is C32H34ClF2NO2. The Kier molecular flexibility index (Phi) is 9.01. The lowest BCUT2D eigenvalue weighted by Gasteiger charge is -2.39. The van der Waals surface area contributed by atoms with Crippen molar-refractivity contribution in [2.24, 2.45) is 5.92 Å². The molecule has 38 heavy (non-hydrogen) atoms. The summed E-state index contributed by atoms with van der Waals surface area (Å²) >= 11 is 0. The van der Waals surface area contributed by atoms with Gasteiger partial charge in [-0.15, -0.1) is 12.4 Å². The van der Waals surface area contributed by atoms with Crippen LogP contribution in [0.3, 0.4) is 0 Å². The molecule has 0 unspecified atom stereocenters. The van der Waals surface area contributed by atoms with Gasteiger partial charge in [0.05, 0.1) is 12.2 Å². The number of alkyl halides is 1. The van der Waals surface area contributed by atoms with Gasteiger partial charge in [0.15, 0.2) is 0 Å². The van der Waals surface area contributed by atoms with Crippen LogP contribution in [-0.2, 0) is 12.8 Å². The highest BCUT2D eigenvalue weighted by Gasteiger charge is 2.26. The lowest BCUT2D eigenvalue weighted by molar-refractivity contribution is 0.0696. The fraction of sp³-hybridized carbons (Fsp3) is 0.344. The second-order valence-electron chi connectivity index (χ2n) is 10.4. The first-order valence-electron chi connectivity index (χ1n) is 13.2. The van der Waals surface area contributed by atoms with Crippen LogP contribution >= 0.6 is 12.4 Å². The summed E-state index contributed by atoms with van der Waals surface area (Å²) in [7, 11) is 0. The van der Waals surface area contributed by atoms with Gasteiger partial charge in [0, 0.05) is 19.6 Å². The maximum Gasteiger partial charge on any atom is 0.335 e. The number of benzene rings is 3. The number of carboxylic acid groups (broad SMARTS) is 1. The van der Waals surface area contributed by atoms with E-state index in [-0.39, 0.29) is 24.9 Å². The Balaban J connectivity index is 0.00000336.